The normalized spacial score (nSPS) is 26.3. The fourth-order valence-electron chi connectivity index (χ4n) is 3.52. The number of para-hydroxylation sites is 1. The standard InChI is InChI=1S/C23H32N3O9P/c1-14(2)33-23(30)15(3)25-36(31,35-17-9-5-4-6-10-17)32-13-18-19(27)20(28)22(34-18)26-11-7-8-16(12-26)21(24)29/h4-7,9-12,14-15,18-20,22,27-28H,8,13H2,1-3H3,(H2,24,29)(H,25,31)/t15-,18+,19+,20+,22+,36?/m0/s1. The molecule has 0 radical (unpaired) electrons. The molecule has 36 heavy (non-hydrogen) atoms. The first-order valence-electron chi connectivity index (χ1n) is 11.4. The molecule has 1 fully saturated rings. The van der Waals surface area contributed by atoms with E-state index >= 15 is 0 Å². The summed E-state index contributed by atoms with van der Waals surface area (Å²) in [5.41, 5.74) is 5.64. The van der Waals surface area contributed by atoms with E-state index in [4.69, 9.17) is 24.3 Å². The molecule has 1 aromatic rings. The van der Waals surface area contributed by atoms with E-state index < -0.39 is 56.8 Å². The number of allylic oxidation sites excluding steroid dienone is 1. The van der Waals surface area contributed by atoms with E-state index in [9.17, 15) is 24.4 Å². The van der Waals surface area contributed by atoms with Crippen molar-refractivity contribution in [2.75, 3.05) is 6.61 Å². The molecule has 6 atom stereocenters. The number of primary amides is 1. The zero-order chi connectivity index (χ0) is 26.5. The van der Waals surface area contributed by atoms with Gasteiger partial charge in [0.1, 0.15) is 30.1 Å². The van der Waals surface area contributed by atoms with Gasteiger partial charge in [-0.1, -0.05) is 24.3 Å². The topological polar surface area (TPSA) is 170 Å². The number of benzene rings is 1. The number of hydrogen-bond acceptors (Lipinski definition) is 10. The fourth-order valence-corrected chi connectivity index (χ4v) is 5.02. The molecule has 0 bridgehead atoms. The molecule has 13 heteroatoms. The van der Waals surface area contributed by atoms with Crippen LogP contribution in [0.4, 0.5) is 0 Å². The second kappa shape index (κ2) is 12.0. The Hall–Kier alpha value is -2.73. The number of carbonyl (C=O) groups excluding carboxylic acids is 2. The first kappa shape index (κ1) is 27.9. The van der Waals surface area contributed by atoms with Gasteiger partial charge < -0.3 is 34.8 Å². The molecule has 0 aromatic heterocycles. The molecule has 2 aliphatic rings. The van der Waals surface area contributed by atoms with E-state index in [1.54, 1.807) is 56.5 Å². The number of nitrogens with two attached hydrogens (primary N) is 1. The number of aliphatic hydroxyl groups is 2. The van der Waals surface area contributed by atoms with Crippen LogP contribution in [0.25, 0.3) is 0 Å². The SMILES string of the molecule is CC(C)OC(=O)[C@H](C)NP(=O)(OC[C@H]1O[C@@H](N2C=CCC(C(N)=O)=C2)[C@H](O)[C@@H]1O)Oc1ccccc1. The number of aliphatic hydroxyl groups excluding tert-OH is 2. The molecular weight excluding hydrogens is 493 g/mol. The highest BCUT2D eigenvalue weighted by molar-refractivity contribution is 7.52. The molecule has 198 valence electrons. The summed E-state index contributed by atoms with van der Waals surface area (Å²) >= 11 is 0. The molecule has 2 aliphatic heterocycles. The first-order chi connectivity index (χ1) is 17.0. The average Bonchev–Trinajstić information content (AvgIpc) is 3.11. The van der Waals surface area contributed by atoms with E-state index in [2.05, 4.69) is 5.09 Å². The van der Waals surface area contributed by atoms with Crippen molar-refractivity contribution in [2.45, 2.75) is 63.9 Å². The Kier molecular flexibility index (Phi) is 9.29. The van der Waals surface area contributed by atoms with Crippen LogP contribution in [0.1, 0.15) is 27.2 Å². The maximum Gasteiger partial charge on any atom is 0.459 e. The van der Waals surface area contributed by atoms with Crippen molar-refractivity contribution < 1.29 is 42.9 Å². The second-order valence-corrected chi connectivity index (χ2v) is 10.3. The minimum Gasteiger partial charge on any atom is -0.462 e. The van der Waals surface area contributed by atoms with Crippen molar-refractivity contribution in [1.82, 2.24) is 9.99 Å². The molecule has 2 heterocycles. The van der Waals surface area contributed by atoms with Crippen LogP contribution in [-0.2, 0) is 28.2 Å². The predicted molar refractivity (Wildman–Crippen MR) is 128 cm³/mol. The summed E-state index contributed by atoms with van der Waals surface area (Å²) in [6, 6.07) is 7.14. The van der Waals surface area contributed by atoms with Gasteiger partial charge in [0.25, 0.3) is 0 Å². The van der Waals surface area contributed by atoms with Gasteiger partial charge in [0, 0.05) is 18.0 Å². The summed E-state index contributed by atoms with van der Waals surface area (Å²) in [6.07, 6.45) is -0.339. The maximum absolute atomic E-state index is 13.6. The minimum absolute atomic E-state index is 0.214. The Morgan fingerprint density at radius 2 is 1.92 bits per heavy atom. The summed E-state index contributed by atoms with van der Waals surface area (Å²) < 4.78 is 35.6. The van der Waals surface area contributed by atoms with Gasteiger partial charge in [0.2, 0.25) is 5.91 Å². The first-order valence-corrected chi connectivity index (χ1v) is 13.0. The highest BCUT2D eigenvalue weighted by Gasteiger charge is 2.46. The van der Waals surface area contributed by atoms with E-state index in [0.29, 0.717) is 12.0 Å². The quantitative estimate of drug-likeness (QED) is 0.241. The van der Waals surface area contributed by atoms with Crippen LogP contribution in [0.15, 0.2) is 54.4 Å². The Balaban J connectivity index is 1.72. The molecule has 5 N–H and O–H groups in total. The minimum atomic E-state index is -4.19. The summed E-state index contributed by atoms with van der Waals surface area (Å²) in [5, 5.41) is 23.6. The van der Waals surface area contributed by atoms with Gasteiger partial charge in [0.05, 0.1) is 12.7 Å². The molecule has 1 amide bonds. The van der Waals surface area contributed by atoms with Crippen LogP contribution in [0, 0.1) is 0 Å². The molecular formula is C23H32N3O9P. The highest BCUT2D eigenvalue weighted by Crippen LogP contribution is 2.45. The number of rotatable bonds is 11. The third-order valence-electron chi connectivity index (χ3n) is 5.30. The van der Waals surface area contributed by atoms with E-state index in [1.807, 2.05) is 0 Å². The third-order valence-corrected chi connectivity index (χ3v) is 6.95. The number of carbonyl (C=O) groups is 2. The predicted octanol–water partition coefficient (Wildman–Crippen LogP) is 1.16. The zero-order valence-electron chi connectivity index (χ0n) is 20.2. The third kappa shape index (κ3) is 7.16. The van der Waals surface area contributed by atoms with Crippen molar-refractivity contribution in [3.8, 4) is 5.75 Å². The largest absolute Gasteiger partial charge is 0.462 e. The van der Waals surface area contributed by atoms with Crippen LogP contribution in [0.5, 0.6) is 5.75 Å². The van der Waals surface area contributed by atoms with Gasteiger partial charge in [0.15, 0.2) is 6.23 Å². The number of esters is 1. The number of hydrogen-bond donors (Lipinski definition) is 4. The fraction of sp³-hybridized carbons (Fsp3) is 0.478. The molecule has 1 unspecified atom stereocenters. The van der Waals surface area contributed by atoms with Crippen LogP contribution in [0.2, 0.25) is 0 Å². The average molecular weight is 525 g/mol. The smallest absolute Gasteiger partial charge is 0.459 e. The Morgan fingerprint density at radius 1 is 1.22 bits per heavy atom. The Labute approximate surface area is 209 Å². The lowest BCUT2D eigenvalue weighted by Gasteiger charge is -2.28. The van der Waals surface area contributed by atoms with Crippen LogP contribution < -0.4 is 15.3 Å². The zero-order valence-corrected chi connectivity index (χ0v) is 21.1. The van der Waals surface area contributed by atoms with Gasteiger partial charge in [-0.2, -0.15) is 5.09 Å². The van der Waals surface area contributed by atoms with Crippen LogP contribution in [0.3, 0.4) is 0 Å². The lowest BCUT2D eigenvalue weighted by atomic mass is 10.1. The monoisotopic (exact) mass is 525 g/mol. The van der Waals surface area contributed by atoms with Gasteiger partial charge >= 0.3 is 13.7 Å². The summed E-state index contributed by atoms with van der Waals surface area (Å²) in [7, 11) is -4.19. The van der Waals surface area contributed by atoms with Crippen LogP contribution >= 0.6 is 7.75 Å². The molecule has 0 saturated carbocycles. The van der Waals surface area contributed by atoms with Crippen LogP contribution in [-0.4, -0.2) is 70.3 Å². The Morgan fingerprint density at radius 3 is 2.56 bits per heavy atom. The highest BCUT2D eigenvalue weighted by atomic mass is 31.2. The number of ether oxygens (including phenoxy) is 2. The molecule has 1 aromatic carbocycles. The van der Waals surface area contributed by atoms with E-state index in [0.717, 1.165) is 0 Å². The molecule has 1 saturated heterocycles. The van der Waals surface area contributed by atoms with Crippen molar-refractivity contribution >= 4 is 19.6 Å². The number of amides is 1. The molecule has 12 nitrogen and oxygen atoms in total. The lowest BCUT2D eigenvalue weighted by molar-refractivity contribution is -0.149. The molecule has 0 aliphatic carbocycles. The van der Waals surface area contributed by atoms with Crippen molar-refractivity contribution in [1.29, 1.82) is 0 Å². The van der Waals surface area contributed by atoms with E-state index in [1.165, 1.54) is 18.0 Å². The summed E-state index contributed by atoms with van der Waals surface area (Å²) in [6.45, 7) is 4.35. The second-order valence-electron chi connectivity index (χ2n) is 8.63. The van der Waals surface area contributed by atoms with Gasteiger partial charge in [-0.3, -0.25) is 14.1 Å². The van der Waals surface area contributed by atoms with Gasteiger partial charge in [-0.25, -0.2) is 4.57 Å². The number of nitrogens with zero attached hydrogens (tertiary/aromatic N) is 1. The van der Waals surface area contributed by atoms with Crippen molar-refractivity contribution in [3.05, 3.63) is 54.4 Å². The van der Waals surface area contributed by atoms with Gasteiger partial charge in [-0.15, -0.1) is 0 Å². The van der Waals surface area contributed by atoms with Crippen molar-refractivity contribution in [3.63, 3.8) is 0 Å². The lowest BCUT2D eigenvalue weighted by Crippen LogP contribution is -2.40. The summed E-state index contributed by atoms with van der Waals surface area (Å²) in [5.74, 6) is -1.06. The summed E-state index contributed by atoms with van der Waals surface area (Å²) in [4.78, 5) is 25.2. The molecule has 0 spiro atoms. The maximum atomic E-state index is 13.6. The van der Waals surface area contributed by atoms with Gasteiger partial charge in [-0.05, 0) is 39.3 Å². The molecule has 3 rings (SSSR count). The Bertz CT molecular complexity index is 1030. The van der Waals surface area contributed by atoms with E-state index in [-0.39, 0.29) is 11.9 Å². The number of nitrogens with one attached hydrogen (secondary N) is 1. The van der Waals surface area contributed by atoms with Crippen molar-refractivity contribution in [2.24, 2.45) is 5.73 Å².